The molecule has 1 fully saturated rings. The third kappa shape index (κ3) is 15.8. The van der Waals surface area contributed by atoms with Gasteiger partial charge in [0, 0.05) is 76.4 Å². The number of alkyl halides is 1. The lowest BCUT2D eigenvalue weighted by atomic mass is 9.77. The number of carbonyl (C=O) groups excluding carboxylic acids is 3. The molecule has 0 unspecified atom stereocenters. The number of Topliss-reactive ketones (excluding diaryl/α,β-unsaturated/α-hetero) is 2. The van der Waals surface area contributed by atoms with Crippen molar-refractivity contribution in [2.75, 3.05) is 89.1 Å². The van der Waals surface area contributed by atoms with Crippen molar-refractivity contribution >= 4 is 58.4 Å². The van der Waals surface area contributed by atoms with Crippen molar-refractivity contribution in [3.05, 3.63) is 71.4 Å². The van der Waals surface area contributed by atoms with Crippen molar-refractivity contribution in [2.24, 2.45) is 16.8 Å². The van der Waals surface area contributed by atoms with Crippen molar-refractivity contribution in [1.82, 2.24) is 4.90 Å². The SMILES string of the molecule is CN(C)c1ccc(/C=C2N=C(/C=C/c3ccc(N(CCO)CCO)cc3)N(CC(=O)CC3CCC(C(=O)CCCOCCOCCCCCCCl)CC3)C\2=O)cc1. The fourth-order valence-electron chi connectivity index (χ4n) is 7.23. The molecule has 1 aliphatic heterocycles. The zero-order chi connectivity index (χ0) is 40.8. The average molecular weight is 807 g/mol. The Kier molecular flexibility index (Phi) is 20.5. The molecule has 2 aromatic carbocycles. The second-order valence-corrected chi connectivity index (χ2v) is 15.5. The molecule has 312 valence electrons. The van der Waals surface area contributed by atoms with Gasteiger partial charge in [0.2, 0.25) is 0 Å². The third-order valence-corrected chi connectivity index (χ3v) is 10.8. The molecule has 0 bridgehead atoms. The van der Waals surface area contributed by atoms with Gasteiger partial charge < -0.3 is 29.5 Å². The maximum atomic E-state index is 13.8. The van der Waals surface area contributed by atoms with Crippen LogP contribution in [0, 0.1) is 11.8 Å². The van der Waals surface area contributed by atoms with E-state index in [0.717, 1.165) is 80.5 Å². The lowest BCUT2D eigenvalue weighted by Crippen LogP contribution is -2.36. The molecule has 4 rings (SSSR count). The van der Waals surface area contributed by atoms with Crippen molar-refractivity contribution in [3.8, 4) is 0 Å². The summed E-state index contributed by atoms with van der Waals surface area (Å²) in [4.78, 5) is 50.3. The zero-order valence-electron chi connectivity index (χ0n) is 34.0. The molecule has 0 atom stereocenters. The molecule has 11 nitrogen and oxygen atoms in total. The van der Waals surface area contributed by atoms with Crippen LogP contribution in [0.25, 0.3) is 12.2 Å². The number of aliphatic hydroxyl groups excluding tert-OH is 2. The van der Waals surface area contributed by atoms with Gasteiger partial charge in [-0.25, -0.2) is 4.99 Å². The summed E-state index contributed by atoms with van der Waals surface area (Å²) in [6.45, 7) is 3.10. The highest BCUT2D eigenvalue weighted by Crippen LogP contribution is 2.33. The van der Waals surface area contributed by atoms with E-state index in [9.17, 15) is 24.6 Å². The molecule has 1 amide bonds. The van der Waals surface area contributed by atoms with Crippen molar-refractivity contribution < 1.29 is 34.1 Å². The summed E-state index contributed by atoms with van der Waals surface area (Å²) in [5, 5.41) is 18.8. The fraction of sp³-hybridized carbons (Fsp3) is 0.556. The first-order valence-corrected chi connectivity index (χ1v) is 21.2. The Morgan fingerprint density at radius 2 is 1.42 bits per heavy atom. The van der Waals surface area contributed by atoms with Crippen LogP contribution in [0.15, 0.2) is 65.3 Å². The van der Waals surface area contributed by atoms with Gasteiger partial charge in [0.1, 0.15) is 17.3 Å². The third-order valence-electron chi connectivity index (χ3n) is 10.5. The Bertz CT molecular complexity index is 1610. The van der Waals surface area contributed by atoms with Crippen LogP contribution >= 0.6 is 11.6 Å². The molecule has 57 heavy (non-hydrogen) atoms. The first-order valence-electron chi connectivity index (χ1n) is 20.6. The number of hydrogen-bond donors (Lipinski definition) is 2. The summed E-state index contributed by atoms with van der Waals surface area (Å²) in [5.41, 5.74) is 3.88. The van der Waals surface area contributed by atoms with Crippen LogP contribution in [-0.4, -0.2) is 118 Å². The lowest BCUT2D eigenvalue weighted by Gasteiger charge is -2.27. The standard InChI is InChI=1S/C45H63ClN4O7/c1-48(2)39-18-13-37(14-19-39)33-42-45(55)50(44(47-42)22-15-35-11-20-40(21-12-35)49(24-26-51)25-27-52)34-41(53)32-36-9-16-38(17-10-36)43(54)8-7-29-57-31-30-56-28-6-4-3-5-23-46/h11-15,18-22,33,36,38,51-52H,3-10,16-17,23-32,34H2,1-2H3/b22-15+,42-33-. The summed E-state index contributed by atoms with van der Waals surface area (Å²) in [6, 6.07) is 15.5. The quantitative estimate of drug-likeness (QED) is 0.0570. The van der Waals surface area contributed by atoms with Gasteiger partial charge in [-0.3, -0.25) is 19.3 Å². The van der Waals surface area contributed by atoms with E-state index in [2.05, 4.69) is 0 Å². The van der Waals surface area contributed by atoms with E-state index in [1.54, 1.807) is 12.2 Å². The lowest BCUT2D eigenvalue weighted by molar-refractivity contribution is -0.128. The minimum atomic E-state index is -0.321. The molecule has 0 aromatic heterocycles. The maximum absolute atomic E-state index is 13.8. The Balaban J connectivity index is 1.28. The van der Waals surface area contributed by atoms with Crippen molar-refractivity contribution in [3.63, 3.8) is 0 Å². The number of anilines is 2. The molecule has 1 saturated carbocycles. The van der Waals surface area contributed by atoms with E-state index in [4.69, 9.17) is 26.1 Å². The molecule has 0 radical (unpaired) electrons. The normalized spacial score (nSPS) is 17.8. The van der Waals surface area contributed by atoms with E-state index >= 15 is 0 Å². The minimum absolute atomic E-state index is 0.0224. The second-order valence-electron chi connectivity index (χ2n) is 15.1. The Morgan fingerprint density at radius 3 is 2.05 bits per heavy atom. The molecule has 2 aliphatic rings. The Hall–Kier alpha value is -3.87. The molecule has 2 aromatic rings. The molecule has 12 heteroatoms. The van der Waals surface area contributed by atoms with Crippen molar-refractivity contribution in [2.45, 2.75) is 70.6 Å². The van der Waals surface area contributed by atoms with E-state index in [0.29, 0.717) is 63.9 Å². The monoisotopic (exact) mass is 806 g/mol. The highest BCUT2D eigenvalue weighted by molar-refractivity contribution is 6.20. The summed E-state index contributed by atoms with van der Waals surface area (Å²) >= 11 is 5.70. The van der Waals surface area contributed by atoms with E-state index in [1.165, 1.54) is 4.90 Å². The molecule has 0 saturated heterocycles. The molecule has 2 N–H and O–H groups in total. The largest absolute Gasteiger partial charge is 0.395 e. The van der Waals surface area contributed by atoms with Crippen LogP contribution in [-0.2, 0) is 23.9 Å². The zero-order valence-corrected chi connectivity index (χ0v) is 34.7. The number of ether oxygens (including phenoxy) is 2. The van der Waals surface area contributed by atoms with Gasteiger partial charge in [-0.05, 0) is 98.4 Å². The smallest absolute Gasteiger partial charge is 0.278 e. The number of ketones is 2. The summed E-state index contributed by atoms with van der Waals surface area (Å²) in [7, 11) is 3.94. The van der Waals surface area contributed by atoms with Crippen LogP contribution < -0.4 is 9.80 Å². The number of aliphatic imine (C=N–C) groups is 1. The number of nitrogens with zero attached hydrogens (tertiary/aromatic N) is 4. The van der Waals surface area contributed by atoms with Gasteiger partial charge in [0.25, 0.3) is 5.91 Å². The predicted molar refractivity (Wildman–Crippen MR) is 230 cm³/mol. The highest BCUT2D eigenvalue weighted by atomic mass is 35.5. The number of amides is 1. The van der Waals surface area contributed by atoms with Gasteiger partial charge in [-0.2, -0.15) is 0 Å². The van der Waals surface area contributed by atoms with E-state index < -0.39 is 0 Å². The minimum Gasteiger partial charge on any atom is -0.395 e. The predicted octanol–water partition coefficient (Wildman–Crippen LogP) is 6.79. The van der Waals surface area contributed by atoms with Gasteiger partial charge >= 0.3 is 0 Å². The molecular formula is C45H63ClN4O7. The highest BCUT2D eigenvalue weighted by Gasteiger charge is 2.32. The maximum Gasteiger partial charge on any atom is 0.278 e. The number of aliphatic hydroxyl groups is 2. The number of carbonyl (C=O) groups is 3. The van der Waals surface area contributed by atoms with Crippen LogP contribution in [0.3, 0.4) is 0 Å². The Morgan fingerprint density at radius 1 is 0.807 bits per heavy atom. The fourth-order valence-corrected chi connectivity index (χ4v) is 7.42. The molecule has 1 heterocycles. The van der Waals surface area contributed by atoms with Gasteiger partial charge in [0.15, 0.2) is 5.78 Å². The summed E-state index contributed by atoms with van der Waals surface area (Å²) < 4.78 is 11.3. The summed E-state index contributed by atoms with van der Waals surface area (Å²) in [5.74, 6) is 1.26. The number of rotatable bonds is 27. The second kappa shape index (κ2) is 25.5. The average Bonchev–Trinajstić information content (AvgIpc) is 3.50. The van der Waals surface area contributed by atoms with Crippen LogP contribution in [0.1, 0.15) is 81.8 Å². The van der Waals surface area contributed by atoms with Crippen LogP contribution in [0.4, 0.5) is 11.4 Å². The van der Waals surface area contributed by atoms with Crippen LogP contribution in [0.2, 0.25) is 0 Å². The number of benzene rings is 2. The Labute approximate surface area is 344 Å². The van der Waals surface area contributed by atoms with Crippen LogP contribution in [0.5, 0.6) is 0 Å². The number of amidine groups is 1. The number of unbranched alkanes of at least 4 members (excludes halogenated alkanes) is 3. The number of hydrogen-bond acceptors (Lipinski definition) is 10. The first-order chi connectivity index (χ1) is 27.7. The summed E-state index contributed by atoms with van der Waals surface area (Å²) in [6.07, 6.45) is 14.5. The molecule has 0 spiro atoms. The molecule has 1 aliphatic carbocycles. The first kappa shape index (κ1) is 45.8. The van der Waals surface area contributed by atoms with E-state index in [1.807, 2.05) is 78.5 Å². The molecular weight excluding hydrogens is 744 g/mol. The van der Waals surface area contributed by atoms with E-state index in [-0.39, 0.29) is 54.8 Å². The van der Waals surface area contributed by atoms with Gasteiger partial charge in [0.05, 0.1) is 33.0 Å². The van der Waals surface area contributed by atoms with Gasteiger partial charge in [-0.1, -0.05) is 43.2 Å². The topological polar surface area (TPSA) is 132 Å². The van der Waals surface area contributed by atoms with Gasteiger partial charge in [-0.15, -0.1) is 11.6 Å². The van der Waals surface area contributed by atoms with Crippen molar-refractivity contribution in [1.29, 1.82) is 0 Å². The number of halogens is 1.